The van der Waals surface area contributed by atoms with Crippen LogP contribution in [0.2, 0.25) is 10.0 Å². The van der Waals surface area contributed by atoms with E-state index in [-0.39, 0.29) is 0 Å². The van der Waals surface area contributed by atoms with Crippen molar-refractivity contribution in [3.8, 4) is 11.4 Å². The minimum absolute atomic E-state index is 0.505. The highest BCUT2D eigenvalue weighted by atomic mass is 35.5. The Hall–Kier alpha value is -1.34. The summed E-state index contributed by atoms with van der Waals surface area (Å²) in [5, 5.41) is 5.18. The lowest BCUT2D eigenvalue weighted by atomic mass is 10.1. The Kier molecular flexibility index (Phi) is 5.12. The Morgan fingerprint density at radius 1 is 1.08 bits per heavy atom. The van der Waals surface area contributed by atoms with E-state index < -0.39 is 0 Å². The third-order valence-electron chi connectivity index (χ3n) is 4.72. The number of benzene rings is 1. The van der Waals surface area contributed by atoms with Gasteiger partial charge in [0.2, 0.25) is 5.82 Å². The number of nitrogens with zero attached hydrogens (tertiary/aromatic N) is 4. The predicted octanol–water partition coefficient (Wildman–Crippen LogP) is 3.20. The lowest BCUT2D eigenvalue weighted by Gasteiger charge is -2.34. The van der Waals surface area contributed by atoms with Gasteiger partial charge in [-0.25, -0.2) is 0 Å². The van der Waals surface area contributed by atoms with Gasteiger partial charge in [0, 0.05) is 54.9 Å². The van der Waals surface area contributed by atoms with Crippen LogP contribution in [0, 0.1) is 5.92 Å². The molecule has 4 rings (SSSR count). The molecule has 1 atom stereocenters. The summed E-state index contributed by atoms with van der Waals surface area (Å²) >= 11 is 12.1. The highest BCUT2D eigenvalue weighted by Gasteiger charge is 2.25. The average Bonchev–Trinajstić information content (AvgIpc) is 3.26. The Morgan fingerprint density at radius 2 is 1.84 bits per heavy atom. The molecule has 0 amide bonds. The largest absolute Gasteiger partial charge is 0.381 e. The van der Waals surface area contributed by atoms with Crippen LogP contribution in [0.15, 0.2) is 22.7 Å². The first-order valence-electron chi connectivity index (χ1n) is 8.52. The van der Waals surface area contributed by atoms with Gasteiger partial charge in [-0.15, -0.1) is 0 Å². The SMILES string of the molecule is Clc1cc(Cl)cc(-c2noc(N3CCN(CC4CCOC4)CC3)n2)c1. The van der Waals surface area contributed by atoms with E-state index in [1.54, 1.807) is 18.2 Å². The van der Waals surface area contributed by atoms with Crippen molar-refractivity contribution in [1.82, 2.24) is 15.0 Å². The van der Waals surface area contributed by atoms with Crippen molar-refractivity contribution in [2.45, 2.75) is 6.42 Å². The zero-order valence-electron chi connectivity index (χ0n) is 13.8. The molecule has 2 aromatic rings. The van der Waals surface area contributed by atoms with Crippen LogP contribution in [0.25, 0.3) is 11.4 Å². The van der Waals surface area contributed by atoms with E-state index in [4.69, 9.17) is 32.5 Å². The third kappa shape index (κ3) is 4.08. The van der Waals surface area contributed by atoms with E-state index in [1.807, 2.05) is 0 Å². The van der Waals surface area contributed by atoms with Gasteiger partial charge in [-0.2, -0.15) is 4.98 Å². The summed E-state index contributed by atoms with van der Waals surface area (Å²) < 4.78 is 10.9. The van der Waals surface area contributed by atoms with Crippen LogP contribution in [0.4, 0.5) is 6.01 Å². The van der Waals surface area contributed by atoms with Gasteiger partial charge in [0.1, 0.15) is 0 Å². The summed E-state index contributed by atoms with van der Waals surface area (Å²) in [5.74, 6) is 1.18. The predicted molar refractivity (Wildman–Crippen MR) is 97.3 cm³/mol. The fourth-order valence-electron chi connectivity index (χ4n) is 3.36. The van der Waals surface area contributed by atoms with E-state index in [9.17, 15) is 0 Å². The molecule has 8 heteroatoms. The molecule has 0 bridgehead atoms. The molecule has 2 aliphatic rings. The first-order valence-corrected chi connectivity index (χ1v) is 9.28. The van der Waals surface area contributed by atoms with Crippen molar-refractivity contribution < 1.29 is 9.26 Å². The van der Waals surface area contributed by atoms with Gasteiger partial charge in [0.05, 0.1) is 6.61 Å². The van der Waals surface area contributed by atoms with Gasteiger partial charge < -0.3 is 14.2 Å². The number of ether oxygens (including phenoxy) is 1. The van der Waals surface area contributed by atoms with E-state index in [2.05, 4.69) is 19.9 Å². The van der Waals surface area contributed by atoms with Gasteiger partial charge in [0.15, 0.2) is 0 Å². The van der Waals surface area contributed by atoms with Crippen LogP contribution < -0.4 is 4.90 Å². The molecular formula is C17H20Cl2N4O2. The third-order valence-corrected chi connectivity index (χ3v) is 5.16. The molecule has 0 radical (unpaired) electrons. The second-order valence-electron chi connectivity index (χ2n) is 6.58. The molecule has 134 valence electrons. The van der Waals surface area contributed by atoms with E-state index >= 15 is 0 Å². The maximum absolute atomic E-state index is 6.05. The second kappa shape index (κ2) is 7.50. The molecule has 0 aliphatic carbocycles. The lowest BCUT2D eigenvalue weighted by Crippen LogP contribution is -2.48. The Balaban J connectivity index is 1.38. The minimum atomic E-state index is 0.505. The quantitative estimate of drug-likeness (QED) is 0.808. The average molecular weight is 383 g/mol. The fraction of sp³-hybridized carbons (Fsp3) is 0.529. The van der Waals surface area contributed by atoms with Crippen molar-refractivity contribution >= 4 is 29.2 Å². The van der Waals surface area contributed by atoms with Crippen molar-refractivity contribution in [2.24, 2.45) is 5.92 Å². The summed E-state index contributed by atoms with van der Waals surface area (Å²) in [7, 11) is 0. The standard InChI is InChI=1S/C17H20Cl2N4O2/c18-14-7-13(8-15(19)9-14)16-20-17(25-21-16)23-4-2-22(3-5-23)10-12-1-6-24-11-12/h7-9,12H,1-6,10-11H2. The molecule has 2 fully saturated rings. The number of aromatic nitrogens is 2. The highest BCUT2D eigenvalue weighted by molar-refractivity contribution is 6.35. The number of halogens is 2. The maximum Gasteiger partial charge on any atom is 0.324 e. The lowest BCUT2D eigenvalue weighted by molar-refractivity contribution is 0.163. The van der Waals surface area contributed by atoms with Crippen molar-refractivity contribution in [2.75, 3.05) is 50.8 Å². The molecule has 0 N–H and O–H groups in total. The Morgan fingerprint density at radius 3 is 2.52 bits per heavy atom. The first-order chi connectivity index (χ1) is 12.2. The summed E-state index contributed by atoms with van der Waals surface area (Å²) in [6, 6.07) is 5.80. The molecule has 25 heavy (non-hydrogen) atoms. The normalized spacial score (nSPS) is 21.8. The molecule has 1 aromatic heterocycles. The van der Waals surface area contributed by atoms with E-state index in [0.29, 0.717) is 27.8 Å². The molecule has 2 saturated heterocycles. The van der Waals surface area contributed by atoms with Crippen LogP contribution in [-0.4, -0.2) is 61.0 Å². The smallest absolute Gasteiger partial charge is 0.324 e. The minimum Gasteiger partial charge on any atom is -0.381 e. The zero-order valence-corrected chi connectivity index (χ0v) is 15.3. The van der Waals surface area contributed by atoms with Gasteiger partial charge >= 0.3 is 6.01 Å². The number of piperazine rings is 1. The van der Waals surface area contributed by atoms with Crippen molar-refractivity contribution in [3.63, 3.8) is 0 Å². The molecule has 1 aromatic carbocycles. The molecule has 1 unspecified atom stereocenters. The summed E-state index contributed by atoms with van der Waals surface area (Å²) in [6.07, 6.45) is 1.18. The van der Waals surface area contributed by atoms with Gasteiger partial charge in [0.25, 0.3) is 0 Å². The van der Waals surface area contributed by atoms with E-state index in [0.717, 1.165) is 51.5 Å². The number of hydrogen-bond donors (Lipinski definition) is 0. The van der Waals surface area contributed by atoms with Crippen LogP contribution >= 0.6 is 23.2 Å². The van der Waals surface area contributed by atoms with E-state index in [1.165, 1.54) is 6.42 Å². The van der Waals surface area contributed by atoms with Gasteiger partial charge in [-0.05, 0) is 30.5 Å². The summed E-state index contributed by atoms with van der Waals surface area (Å²) in [4.78, 5) is 9.13. The van der Waals surface area contributed by atoms with Crippen molar-refractivity contribution in [3.05, 3.63) is 28.2 Å². The number of hydrogen-bond acceptors (Lipinski definition) is 6. The highest BCUT2D eigenvalue weighted by Crippen LogP contribution is 2.27. The van der Waals surface area contributed by atoms with Crippen LogP contribution in [-0.2, 0) is 4.74 Å². The van der Waals surface area contributed by atoms with Crippen LogP contribution in [0.5, 0.6) is 0 Å². The molecule has 0 spiro atoms. The van der Waals surface area contributed by atoms with Crippen molar-refractivity contribution in [1.29, 1.82) is 0 Å². The fourth-order valence-corrected chi connectivity index (χ4v) is 3.88. The molecule has 2 aliphatic heterocycles. The molecule has 6 nitrogen and oxygen atoms in total. The zero-order chi connectivity index (χ0) is 17.2. The molecule has 0 saturated carbocycles. The number of anilines is 1. The maximum atomic E-state index is 6.05. The van der Waals surface area contributed by atoms with Gasteiger partial charge in [-0.3, -0.25) is 4.90 Å². The monoisotopic (exact) mass is 382 g/mol. The summed E-state index contributed by atoms with van der Waals surface area (Å²) in [6.45, 7) is 6.67. The van der Waals surface area contributed by atoms with Crippen LogP contribution in [0.1, 0.15) is 6.42 Å². The molecule has 3 heterocycles. The number of rotatable bonds is 4. The first kappa shape index (κ1) is 17.1. The van der Waals surface area contributed by atoms with Gasteiger partial charge in [-0.1, -0.05) is 28.4 Å². The molecular weight excluding hydrogens is 363 g/mol. The Labute approximate surface area is 156 Å². The van der Waals surface area contributed by atoms with Crippen LogP contribution in [0.3, 0.4) is 0 Å². The topological polar surface area (TPSA) is 54.6 Å². The Bertz CT molecular complexity index is 705. The second-order valence-corrected chi connectivity index (χ2v) is 7.45. The summed E-state index contributed by atoms with van der Waals surface area (Å²) in [5.41, 5.74) is 0.757.